The summed E-state index contributed by atoms with van der Waals surface area (Å²) in [6, 6.07) is 15.0. The van der Waals surface area contributed by atoms with E-state index < -0.39 is 5.41 Å². The lowest BCUT2D eigenvalue weighted by Crippen LogP contribution is -2.52. The monoisotopic (exact) mass is 432 g/mol. The molecule has 1 fully saturated rings. The van der Waals surface area contributed by atoms with Crippen LogP contribution in [0, 0.1) is 11.2 Å². The number of aromatic nitrogens is 2. The maximum absolute atomic E-state index is 14.3. The summed E-state index contributed by atoms with van der Waals surface area (Å²) < 4.78 is 14.3. The fourth-order valence-corrected chi connectivity index (χ4v) is 4.86. The van der Waals surface area contributed by atoms with Crippen LogP contribution in [0.1, 0.15) is 24.0 Å². The van der Waals surface area contributed by atoms with E-state index >= 15 is 0 Å². The smallest absolute Gasteiger partial charge is 0.229 e. The summed E-state index contributed by atoms with van der Waals surface area (Å²) in [5.74, 6) is -0.0770. The van der Waals surface area contributed by atoms with Crippen molar-refractivity contribution in [3.8, 4) is 11.1 Å². The van der Waals surface area contributed by atoms with Crippen LogP contribution in [0.15, 0.2) is 67.3 Å². The van der Waals surface area contributed by atoms with E-state index in [4.69, 9.17) is 0 Å². The number of piperidine rings is 1. The van der Waals surface area contributed by atoms with Gasteiger partial charge in [0.15, 0.2) is 0 Å². The van der Waals surface area contributed by atoms with Crippen molar-refractivity contribution in [1.82, 2.24) is 19.8 Å². The molecule has 3 aromatic rings. The second-order valence-corrected chi connectivity index (χ2v) is 8.85. The van der Waals surface area contributed by atoms with E-state index in [0.29, 0.717) is 25.1 Å². The Hall–Kier alpha value is -3.12. The molecule has 1 aliphatic rings. The van der Waals surface area contributed by atoms with Gasteiger partial charge in [-0.2, -0.15) is 0 Å². The molecule has 0 saturated carbocycles. The molecular formula is C26H29FN4O. The van der Waals surface area contributed by atoms with Crippen LogP contribution in [0.2, 0.25) is 0 Å². The molecule has 0 radical (unpaired) electrons. The Morgan fingerprint density at radius 1 is 1.06 bits per heavy atom. The number of nitrogens with zero attached hydrogens (tertiary/aromatic N) is 4. The van der Waals surface area contributed by atoms with Gasteiger partial charge in [-0.1, -0.05) is 42.5 Å². The van der Waals surface area contributed by atoms with Gasteiger partial charge in [0.05, 0.1) is 5.41 Å². The zero-order valence-corrected chi connectivity index (χ0v) is 18.7. The molecule has 166 valence electrons. The minimum Gasteiger partial charge on any atom is -0.348 e. The van der Waals surface area contributed by atoms with Gasteiger partial charge in [-0.15, -0.1) is 0 Å². The number of carbonyl (C=O) groups is 1. The minimum absolute atomic E-state index is 0.120. The van der Waals surface area contributed by atoms with Crippen molar-refractivity contribution in [3.63, 3.8) is 0 Å². The molecule has 0 spiro atoms. The SMILES string of the molecule is CN(C)C(=O)C1(Cc2ccccc2-c2cncnc2)CCCN(Cc2ccccc2F)C1. The molecule has 1 unspecified atom stereocenters. The molecule has 2 heterocycles. The normalized spacial score (nSPS) is 19.0. The molecule has 1 aromatic heterocycles. The number of rotatable bonds is 6. The average Bonchev–Trinajstić information content (AvgIpc) is 2.81. The molecule has 0 aliphatic carbocycles. The lowest BCUT2D eigenvalue weighted by Gasteiger charge is -2.43. The maximum atomic E-state index is 14.3. The highest BCUT2D eigenvalue weighted by atomic mass is 19.1. The molecule has 1 saturated heterocycles. The van der Waals surface area contributed by atoms with Gasteiger partial charge in [0, 0.05) is 50.7 Å². The third-order valence-corrected chi connectivity index (χ3v) is 6.29. The number of hydrogen-bond acceptors (Lipinski definition) is 4. The average molecular weight is 433 g/mol. The molecule has 0 bridgehead atoms. The van der Waals surface area contributed by atoms with E-state index in [0.717, 1.165) is 36.1 Å². The van der Waals surface area contributed by atoms with E-state index in [9.17, 15) is 9.18 Å². The van der Waals surface area contributed by atoms with Crippen LogP contribution in [-0.2, 0) is 17.8 Å². The number of hydrogen-bond donors (Lipinski definition) is 0. The first-order chi connectivity index (χ1) is 15.5. The van der Waals surface area contributed by atoms with Crippen LogP contribution in [0.25, 0.3) is 11.1 Å². The summed E-state index contributed by atoms with van der Waals surface area (Å²) in [6.07, 6.45) is 7.44. The first kappa shape index (κ1) is 22.1. The van der Waals surface area contributed by atoms with E-state index in [1.165, 1.54) is 12.4 Å². The highest BCUT2D eigenvalue weighted by Crippen LogP contribution is 2.38. The number of likely N-dealkylation sites (tertiary alicyclic amines) is 1. The van der Waals surface area contributed by atoms with E-state index in [-0.39, 0.29) is 11.7 Å². The predicted octanol–water partition coefficient (Wildman–Crippen LogP) is 4.20. The third kappa shape index (κ3) is 4.70. The molecule has 6 heteroatoms. The third-order valence-electron chi connectivity index (χ3n) is 6.29. The van der Waals surface area contributed by atoms with Crippen molar-refractivity contribution in [1.29, 1.82) is 0 Å². The number of amides is 1. The first-order valence-electron chi connectivity index (χ1n) is 11.0. The van der Waals surface area contributed by atoms with Gasteiger partial charge in [-0.05, 0) is 43.0 Å². The molecule has 0 N–H and O–H groups in total. The van der Waals surface area contributed by atoms with Crippen LogP contribution in [0.4, 0.5) is 4.39 Å². The van der Waals surface area contributed by atoms with Crippen molar-refractivity contribution >= 4 is 5.91 Å². The maximum Gasteiger partial charge on any atom is 0.229 e. The zero-order chi connectivity index (χ0) is 22.6. The summed E-state index contributed by atoms with van der Waals surface area (Å²) in [4.78, 5) is 25.8. The van der Waals surface area contributed by atoms with Crippen molar-refractivity contribution in [2.45, 2.75) is 25.8 Å². The van der Waals surface area contributed by atoms with Gasteiger partial charge in [0.25, 0.3) is 0 Å². The van der Waals surface area contributed by atoms with Gasteiger partial charge in [0.2, 0.25) is 5.91 Å². The fraction of sp³-hybridized carbons (Fsp3) is 0.346. The number of carbonyl (C=O) groups excluding carboxylic acids is 1. The van der Waals surface area contributed by atoms with Gasteiger partial charge < -0.3 is 4.90 Å². The van der Waals surface area contributed by atoms with Crippen molar-refractivity contribution in [2.75, 3.05) is 27.2 Å². The fourth-order valence-electron chi connectivity index (χ4n) is 4.86. The quantitative estimate of drug-likeness (QED) is 0.586. The van der Waals surface area contributed by atoms with Gasteiger partial charge in [-0.3, -0.25) is 9.69 Å². The van der Waals surface area contributed by atoms with Crippen molar-refractivity contribution < 1.29 is 9.18 Å². The highest BCUT2D eigenvalue weighted by molar-refractivity contribution is 5.83. The Balaban J connectivity index is 1.66. The minimum atomic E-state index is -0.571. The van der Waals surface area contributed by atoms with Crippen LogP contribution < -0.4 is 0 Å². The van der Waals surface area contributed by atoms with E-state index in [1.807, 2.05) is 38.4 Å². The predicted molar refractivity (Wildman–Crippen MR) is 123 cm³/mol. The summed E-state index contributed by atoms with van der Waals surface area (Å²) >= 11 is 0. The Kier molecular flexibility index (Phi) is 6.61. The standard InChI is InChI=1S/C26H29FN4O/c1-30(2)25(32)26(12-7-13-31(18-26)17-21-9-4-6-11-24(21)27)14-20-8-3-5-10-23(20)22-15-28-19-29-16-22/h3-6,8-11,15-16,19H,7,12-14,17-18H2,1-2H3. The van der Waals surface area contributed by atoms with Crippen LogP contribution in [0.5, 0.6) is 0 Å². The Labute approximate surface area is 188 Å². The van der Waals surface area contributed by atoms with Gasteiger partial charge in [0.1, 0.15) is 12.1 Å². The van der Waals surface area contributed by atoms with Crippen LogP contribution in [0.3, 0.4) is 0 Å². The van der Waals surface area contributed by atoms with Gasteiger partial charge in [-0.25, -0.2) is 14.4 Å². The Morgan fingerprint density at radius 2 is 1.75 bits per heavy atom. The molecule has 5 nitrogen and oxygen atoms in total. The molecule has 2 aromatic carbocycles. The molecular weight excluding hydrogens is 403 g/mol. The zero-order valence-electron chi connectivity index (χ0n) is 18.7. The lowest BCUT2D eigenvalue weighted by molar-refractivity contribution is -0.143. The second-order valence-electron chi connectivity index (χ2n) is 8.85. The number of halogens is 1. The largest absolute Gasteiger partial charge is 0.348 e. The van der Waals surface area contributed by atoms with Gasteiger partial charge >= 0.3 is 0 Å². The van der Waals surface area contributed by atoms with Crippen molar-refractivity contribution in [3.05, 3.63) is 84.2 Å². The second kappa shape index (κ2) is 9.57. The van der Waals surface area contributed by atoms with Crippen LogP contribution >= 0.6 is 0 Å². The molecule has 4 rings (SSSR count). The molecule has 1 amide bonds. The van der Waals surface area contributed by atoms with Crippen LogP contribution in [-0.4, -0.2) is 52.9 Å². The highest BCUT2D eigenvalue weighted by Gasteiger charge is 2.43. The summed E-state index contributed by atoms with van der Waals surface area (Å²) in [5, 5.41) is 0. The Morgan fingerprint density at radius 3 is 2.47 bits per heavy atom. The summed E-state index contributed by atoms with van der Waals surface area (Å²) in [5.41, 5.74) is 3.19. The first-order valence-corrected chi connectivity index (χ1v) is 11.0. The lowest BCUT2D eigenvalue weighted by atomic mass is 9.73. The Bertz CT molecular complexity index is 1070. The van der Waals surface area contributed by atoms with E-state index in [1.54, 1.807) is 23.4 Å². The summed E-state index contributed by atoms with van der Waals surface area (Å²) in [7, 11) is 3.63. The molecule has 32 heavy (non-hydrogen) atoms. The van der Waals surface area contributed by atoms with E-state index in [2.05, 4.69) is 27.0 Å². The topological polar surface area (TPSA) is 49.3 Å². The number of benzene rings is 2. The van der Waals surface area contributed by atoms with Crippen molar-refractivity contribution in [2.24, 2.45) is 5.41 Å². The molecule has 1 atom stereocenters. The summed E-state index contributed by atoms with van der Waals surface area (Å²) in [6.45, 7) is 1.95. The molecule has 1 aliphatic heterocycles.